The largest absolute Gasteiger partial charge is 0.481 e. The highest BCUT2D eigenvalue weighted by Gasteiger charge is 2.37. The van der Waals surface area contributed by atoms with Gasteiger partial charge >= 0.3 is 5.97 Å². The lowest BCUT2D eigenvalue weighted by Gasteiger charge is -2.19. The summed E-state index contributed by atoms with van der Waals surface area (Å²) in [6.07, 6.45) is 2.31. The monoisotopic (exact) mass is 349 g/mol. The number of imide groups is 1. The number of esters is 1. The van der Waals surface area contributed by atoms with Crippen LogP contribution in [-0.4, -0.2) is 41.8 Å². The Morgan fingerprint density at radius 1 is 1.33 bits per heavy atom. The van der Waals surface area contributed by atoms with Crippen LogP contribution in [0.25, 0.3) is 6.08 Å². The number of para-hydroxylation sites is 1. The number of hydrogen-bond donors (Lipinski definition) is 0. The first-order valence-electron chi connectivity index (χ1n) is 7.53. The van der Waals surface area contributed by atoms with Gasteiger partial charge in [-0.05, 0) is 37.2 Å². The van der Waals surface area contributed by atoms with Crippen LogP contribution < -0.4 is 4.74 Å². The van der Waals surface area contributed by atoms with Crippen LogP contribution in [0.1, 0.15) is 25.8 Å². The molecular weight excluding hydrogens is 330 g/mol. The maximum absolute atomic E-state index is 12.4. The van der Waals surface area contributed by atoms with Gasteiger partial charge in [-0.1, -0.05) is 25.1 Å². The van der Waals surface area contributed by atoms with Gasteiger partial charge in [0.2, 0.25) is 0 Å². The average Bonchev–Trinajstić information content (AvgIpc) is 2.86. The molecule has 2 rings (SSSR count). The van der Waals surface area contributed by atoms with Crippen LogP contribution in [-0.2, 0) is 14.3 Å². The van der Waals surface area contributed by atoms with Crippen molar-refractivity contribution in [3.05, 3.63) is 34.7 Å². The summed E-state index contributed by atoms with van der Waals surface area (Å²) in [4.78, 5) is 37.3. The van der Waals surface area contributed by atoms with Crippen molar-refractivity contribution in [1.82, 2.24) is 4.90 Å². The summed E-state index contributed by atoms with van der Waals surface area (Å²) in [6.45, 7) is 3.54. The lowest BCUT2D eigenvalue weighted by molar-refractivity contribution is -0.142. The van der Waals surface area contributed by atoms with Crippen molar-refractivity contribution in [3.63, 3.8) is 0 Å². The van der Waals surface area contributed by atoms with Crippen LogP contribution in [0.2, 0.25) is 0 Å². The Labute approximate surface area is 144 Å². The molecule has 0 saturated carbocycles. The number of methoxy groups -OCH3 is 1. The molecule has 0 N–H and O–H groups in total. The van der Waals surface area contributed by atoms with E-state index < -0.39 is 5.97 Å². The van der Waals surface area contributed by atoms with Crippen LogP contribution >= 0.6 is 11.8 Å². The van der Waals surface area contributed by atoms with E-state index in [9.17, 15) is 14.4 Å². The Bertz CT molecular complexity index is 685. The number of thioether (sulfide) groups is 1. The van der Waals surface area contributed by atoms with E-state index in [0.717, 1.165) is 11.8 Å². The van der Waals surface area contributed by atoms with E-state index in [0.29, 0.717) is 22.6 Å². The normalized spacial score (nSPS) is 17.3. The first kappa shape index (κ1) is 18.1. The topological polar surface area (TPSA) is 72.9 Å². The molecule has 1 saturated heterocycles. The molecule has 1 aromatic rings. The summed E-state index contributed by atoms with van der Waals surface area (Å²) in [6, 6.07) is 6.84. The van der Waals surface area contributed by atoms with Gasteiger partial charge in [0.1, 0.15) is 5.75 Å². The van der Waals surface area contributed by atoms with Crippen molar-refractivity contribution < 1.29 is 23.9 Å². The fourth-order valence-electron chi connectivity index (χ4n) is 2.11. The number of carbonyl (C=O) groups excluding carboxylic acids is 3. The van der Waals surface area contributed by atoms with E-state index in [4.69, 9.17) is 4.74 Å². The molecule has 6 nitrogen and oxygen atoms in total. The molecule has 2 amide bonds. The van der Waals surface area contributed by atoms with Gasteiger partial charge in [-0.3, -0.25) is 14.5 Å². The highest BCUT2D eigenvalue weighted by Crippen LogP contribution is 2.35. The number of ether oxygens (including phenoxy) is 2. The van der Waals surface area contributed by atoms with Crippen LogP contribution in [0.3, 0.4) is 0 Å². The number of nitrogens with zero attached hydrogens (tertiary/aromatic N) is 1. The molecule has 1 aliphatic rings. The third-order valence-electron chi connectivity index (χ3n) is 3.63. The third kappa shape index (κ3) is 3.97. The Morgan fingerprint density at radius 3 is 2.71 bits per heavy atom. The summed E-state index contributed by atoms with van der Waals surface area (Å²) < 4.78 is 9.96. The van der Waals surface area contributed by atoms with Crippen LogP contribution in [0.5, 0.6) is 5.75 Å². The van der Waals surface area contributed by atoms with Crippen molar-refractivity contribution >= 4 is 35.0 Å². The van der Waals surface area contributed by atoms with Crippen molar-refractivity contribution in [2.45, 2.75) is 26.3 Å². The summed E-state index contributed by atoms with van der Waals surface area (Å²) in [7, 11) is 1.28. The molecule has 0 unspecified atom stereocenters. The van der Waals surface area contributed by atoms with E-state index in [-0.39, 0.29) is 23.8 Å². The summed E-state index contributed by atoms with van der Waals surface area (Å²) in [5, 5.41) is -0.270. The minimum Gasteiger partial charge on any atom is -0.481 e. The number of benzene rings is 1. The molecule has 0 aromatic heterocycles. The second-order valence-electron chi connectivity index (χ2n) is 5.21. The fourth-order valence-corrected chi connectivity index (χ4v) is 3.03. The molecular formula is C17H19NO5S. The molecule has 1 aromatic carbocycles. The van der Waals surface area contributed by atoms with Crippen molar-refractivity contribution in [3.8, 4) is 5.75 Å². The number of carbonyl (C=O) groups is 3. The van der Waals surface area contributed by atoms with Crippen LogP contribution in [0, 0.1) is 0 Å². The highest BCUT2D eigenvalue weighted by molar-refractivity contribution is 8.18. The molecule has 0 radical (unpaired) electrons. The Kier molecular flexibility index (Phi) is 6.03. The standard InChI is InChI=1S/C17H19NO5S/c1-4-11(2)18-16(20)14(24-17(18)21)9-12-7-5-6-8-13(12)23-10-15(19)22-3/h5-9,11H,4,10H2,1-3H3/b14-9+/t11-/m1/s1. The lowest BCUT2D eigenvalue weighted by Crippen LogP contribution is -2.36. The Hall–Kier alpha value is -2.28. The SMILES string of the molecule is CC[C@@H](C)N1C(=O)S/C(=C/c2ccccc2OCC(=O)OC)C1=O. The first-order valence-corrected chi connectivity index (χ1v) is 8.35. The van der Waals surface area contributed by atoms with E-state index in [1.807, 2.05) is 13.8 Å². The number of rotatable bonds is 6. The summed E-state index contributed by atoms with van der Waals surface area (Å²) in [5.74, 6) is -0.359. The van der Waals surface area contributed by atoms with Gasteiger partial charge in [-0.2, -0.15) is 0 Å². The molecule has 1 aliphatic heterocycles. The molecule has 1 heterocycles. The first-order chi connectivity index (χ1) is 11.5. The van der Waals surface area contributed by atoms with Gasteiger partial charge in [0.05, 0.1) is 12.0 Å². The van der Waals surface area contributed by atoms with Gasteiger partial charge in [0, 0.05) is 11.6 Å². The second kappa shape index (κ2) is 8.01. The van der Waals surface area contributed by atoms with Crippen molar-refractivity contribution in [2.75, 3.05) is 13.7 Å². The lowest BCUT2D eigenvalue weighted by atomic mass is 10.1. The minimum absolute atomic E-state index is 0.144. The van der Waals surface area contributed by atoms with Crippen molar-refractivity contribution in [1.29, 1.82) is 0 Å². The Morgan fingerprint density at radius 2 is 2.04 bits per heavy atom. The van der Waals surface area contributed by atoms with E-state index in [1.54, 1.807) is 30.3 Å². The van der Waals surface area contributed by atoms with Gasteiger partial charge in [0.15, 0.2) is 6.61 Å². The van der Waals surface area contributed by atoms with Crippen LogP contribution in [0.4, 0.5) is 4.79 Å². The third-order valence-corrected chi connectivity index (χ3v) is 4.52. The molecule has 0 bridgehead atoms. The zero-order chi connectivity index (χ0) is 17.7. The molecule has 0 spiro atoms. The van der Waals surface area contributed by atoms with Crippen molar-refractivity contribution in [2.24, 2.45) is 0 Å². The molecule has 0 aliphatic carbocycles. The zero-order valence-corrected chi connectivity index (χ0v) is 14.6. The molecule has 7 heteroatoms. The molecule has 24 heavy (non-hydrogen) atoms. The number of hydrogen-bond acceptors (Lipinski definition) is 6. The smallest absolute Gasteiger partial charge is 0.343 e. The Balaban J connectivity index is 2.24. The molecule has 128 valence electrons. The van der Waals surface area contributed by atoms with Gasteiger partial charge < -0.3 is 9.47 Å². The highest BCUT2D eigenvalue weighted by atomic mass is 32.2. The average molecular weight is 349 g/mol. The maximum atomic E-state index is 12.4. The molecule has 1 fully saturated rings. The zero-order valence-electron chi connectivity index (χ0n) is 13.8. The van der Waals surface area contributed by atoms with Gasteiger partial charge in [0.25, 0.3) is 11.1 Å². The predicted octanol–water partition coefficient (Wildman–Crippen LogP) is 3.07. The van der Waals surface area contributed by atoms with Gasteiger partial charge in [-0.25, -0.2) is 4.79 Å². The fraction of sp³-hybridized carbons (Fsp3) is 0.353. The van der Waals surface area contributed by atoms with E-state index in [2.05, 4.69) is 4.74 Å². The second-order valence-corrected chi connectivity index (χ2v) is 6.20. The summed E-state index contributed by atoms with van der Waals surface area (Å²) in [5.41, 5.74) is 0.621. The predicted molar refractivity (Wildman–Crippen MR) is 91.5 cm³/mol. The van der Waals surface area contributed by atoms with E-state index in [1.165, 1.54) is 12.0 Å². The minimum atomic E-state index is -0.498. The van der Waals surface area contributed by atoms with Gasteiger partial charge in [-0.15, -0.1) is 0 Å². The number of amides is 2. The van der Waals surface area contributed by atoms with Crippen LogP contribution in [0.15, 0.2) is 29.2 Å². The summed E-state index contributed by atoms with van der Waals surface area (Å²) >= 11 is 0.909. The molecule has 1 atom stereocenters. The maximum Gasteiger partial charge on any atom is 0.343 e. The van der Waals surface area contributed by atoms with E-state index >= 15 is 0 Å². The quantitative estimate of drug-likeness (QED) is 0.580.